The quantitative estimate of drug-likeness (QED) is 0.466. The van der Waals surface area contributed by atoms with E-state index in [0.717, 1.165) is 36.2 Å². The zero-order chi connectivity index (χ0) is 26.6. The predicted molar refractivity (Wildman–Crippen MR) is 140 cm³/mol. The Bertz CT molecular complexity index is 1290. The van der Waals surface area contributed by atoms with Gasteiger partial charge in [0.05, 0.1) is 17.0 Å². The van der Waals surface area contributed by atoms with E-state index in [1.165, 1.54) is 12.8 Å². The normalized spacial score (nSPS) is 27.1. The third-order valence-electron chi connectivity index (χ3n) is 9.04. The summed E-state index contributed by atoms with van der Waals surface area (Å²) in [4.78, 5) is 40.3. The number of nitrogens with zero attached hydrogens (tertiary/aromatic N) is 1. The summed E-state index contributed by atoms with van der Waals surface area (Å²) < 4.78 is 6.15. The molecule has 0 radical (unpaired) electrons. The number of benzene rings is 2. The predicted octanol–water partition coefficient (Wildman–Crippen LogP) is 3.44. The number of carboxylic acids is 1. The Morgan fingerprint density at radius 2 is 1.92 bits per heavy atom. The van der Waals surface area contributed by atoms with Crippen molar-refractivity contribution in [2.45, 2.75) is 75.5 Å². The van der Waals surface area contributed by atoms with E-state index in [1.807, 2.05) is 6.07 Å². The summed E-state index contributed by atoms with van der Waals surface area (Å²) >= 11 is 0. The van der Waals surface area contributed by atoms with E-state index in [0.29, 0.717) is 30.9 Å². The lowest BCUT2D eigenvalue weighted by molar-refractivity contribution is -0.136. The molecule has 2 aromatic rings. The molecule has 8 nitrogen and oxygen atoms in total. The molecule has 1 amide bonds. The summed E-state index contributed by atoms with van der Waals surface area (Å²) in [6.07, 6.45) is 4.06. The first-order valence-corrected chi connectivity index (χ1v) is 13.7. The number of carboxylic acid groups (broad SMARTS) is 1. The van der Waals surface area contributed by atoms with Crippen molar-refractivity contribution in [1.29, 1.82) is 0 Å². The van der Waals surface area contributed by atoms with E-state index in [9.17, 15) is 19.5 Å². The van der Waals surface area contributed by atoms with Crippen molar-refractivity contribution < 1.29 is 29.3 Å². The largest absolute Gasteiger partial charge is 0.504 e. The number of nitrogens with one attached hydrogen (secondary N) is 1. The van der Waals surface area contributed by atoms with Gasteiger partial charge in [-0.1, -0.05) is 25.1 Å². The smallest absolute Gasteiger partial charge is 0.335 e. The number of hydrogen-bond acceptors (Lipinski definition) is 6. The van der Waals surface area contributed by atoms with Crippen LogP contribution in [0.15, 0.2) is 36.4 Å². The molecule has 4 atom stereocenters. The molecule has 8 heteroatoms. The molecule has 3 aliphatic carbocycles. The average Bonchev–Trinajstić information content (AvgIpc) is 3.63. The van der Waals surface area contributed by atoms with Gasteiger partial charge in [-0.3, -0.25) is 14.5 Å². The summed E-state index contributed by atoms with van der Waals surface area (Å²) in [6, 6.07) is 10.2. The van der Waals surface area contributed by atoms with Gasteiger partial charge in [-0.2, -0.15) is 0 Å². The van der Waals surface area contributed by atoms with Gasteiger partial charge in [-0.05, 0) is 73.9 Å². The second-order valence-electron chi connectivity index (χ2n) is 11.3. The Balaban J connectivity index is 1.33. The molecule has 4 aliphatic rings. The van der Waals surface area contributed by atoms with E-state index in [4.69, 9.17) is 9.84 Å². The number of Topliss-reactive ketones (excluding diaryl/α,β-unsaturated/α-hetero) is 1. The molecule has 1 aliphatic heterocycles. The number of amides is 1. The molecule has 2 fully saturated rings. The average molecular weight is 519 g/mol. The Hall–Kier alpha value is -3.39. The van der Waals surface area contributed by atoms with Crippen LogP contribution < -0.4 is 10.1 Å². The van der Waals surface area contributed by atoms with Crippen molar-refractivity contribution in [3.05, 3.63) is 58.7 Å². The van der Waals surface area contributed by atoms with Crippen molar-refractivity contribution in [2.75, 3.05) is 13.1 Å². The molecular formula is C30H34N2O6. The summed E-state index contributed by atoms with van der Waals surface area (Å²) in [5.41, 5.74) is 2.40. The number of ketones is 1. The number of phenolic OH excluding ortho intramolecular Hbond substituents is 1. The van der Waals surface area contributed by atoms with Crippen LogP contribution in [0.2, 0.25) is 0 Å². The third kappa shape index (κ3) is 4.15. The van der Waals surface area contributed by atoms with Crippen LogP contribution >= 0.6 is 0 Å². The second kappa shape index (κ2) is 9.42. The third-order valence-corrected chi connectivity index (χ3v) is 9.04. The molecule has 0 spiro atoms. The van der Waals surface area contributed by atoms with E-state index < -0.39 is 17.6 Å². The highest BCUT2D eigenvalue weighted by Crippen LogP contribution is 2.58. The molecule has 2 aromatic carbocycles. The molecule has 0 saturated heterocycles. The second-order valence-corrected chi connectivity index (χ2v) is 11.3. The number of likely N-dealkylation sites (N-methyl/N-ethyl adjacent to an activating group) is 1. The first kappa shape index (κ1) is 24.9. The first-order valence-electron chi connectivity index (χ1n) is 13.7. The van der Waals surface area contributed by atoms with E-state index in [-0.39, 0.29) is 41.4 Å². The van der Waals surface area contributed by atoms with Crippen LogP contribution in [0.25, 0.3) is 0 Å². The molecule has 6 rings (SSSR count). The highest BCUT2D eigenvalue weighted by Gasteiger charge is 2.63. The van der Waals surface area contributed by atoms with Crippen LogP contribution in [0, 0.1) is 5.92 Å². The maximum atomic E-state index is 13.6. The number of carbonyl (C=O) groups is 3. The van der Waals surface area contributed by atoms with Gasteiger partial charge in [0, 0.05) is 31.0 Å². The van der Waals surface area contributed by atoms with Crippen molar-refractivity contribution in [3.63, 3.8) is 0 Å². The number of ether oxygens (including phenoxy) is 1. The molecule has 3 N–H and O–H groups in total. The van der Waals surface area contributed by atoms with Crippen molar-refractivity contribution in [1.82, 2.24) is 10.2 Å². The van der Waals surface area contributed by atoms with Crippen LogP contribution in [0.5, 0.6) is 11.5 Å². The Morgan fingerprint density at radius 1 is 1.16 bits per heavy atom. The van der Waals surface area contributed by atoms with Crippen LogP contribution in [-0.2, 0) is 22.4 Å². The van der Waals surface area contributed by atoms with Crippen LogP contribution in [-0.4, -0.2) is 63.5 Å². The summed E-state index contributed by atoms with van der Waals surface area (Å²) in [5, 5.41) is 23.2. The van der Waals surface area contributed by atoms with Crippen LogP contribution in [0.1, 0.15) is 72.0 Å². The summed E-state index contributed by atoms with van der Waals surface area (Å²) in [7, 11) is 0. The number of aromatic carboxylic acids is 1. The van der Waals surface area contributed by atoms with Gasteiger partial charge in [-0.15, -0.1) is 0 Å². The fourth-order valence-electron chi connectivity index (χ4n) is 6.97. The SMILES string of the molecule is CCN(CC1CC1)[C@@H]1Cc2ccc(O)c3c2C2[C@@H](O3)C(=O)CC[C@]21NC(=O)CCc1ccc(C(=O)O)cc1. The number of hydrogen-bond donors (Lipinski definition) is 3. The lowest BCUT2D eigenvalue weighted by Crippen LogP contribution is -2.71. The van der Waals surface area contributed by atoms with Crippen LogP contribution in [0.4, 0.5) is 0 Å². The fraction of sp³-hybridized carbons (Fsp3) is 0.500. The Kier molecular flexibility index (Phi) is 6.17. The number of phenols is 1. The standard InChI is InChI=1S/C30H34N2O6/c1-2-32(16-18-3-4-18)23-15-20-10-11-21(33)27-25(20)26-28(38-27)22(34)13-14-30(23,26)31-24(35)12-7-17-5-8-19(9-6-17)29(36)37/h5-6,8-11,18,23,26,28,33H,2-4,7,12-16H2,1H3,(H,31,35)(H,36,37)/t23-,26?,28+,30-/m1/s1. The van der Waals surface area contributed by atoms with Crippen molar-refractivity contribution in [2.24, 2.45) is 5.92 Å². The maximum Gasteiger partial charge on any atom is 0.335 e. The lowest BCUT2D eigenvalue weighted by atomic mass is 9.59. The lowest BCUT2D eigenvalue weighted by Gasteiger charge is -2.55. The van der Waals surface area contributed by atoms with Gasteiger partial charge in [0.2, 0.25) is 5.91 Å². The fourth-order valence-corrected chi connectivity index (χ4v) is 6.97. The molecule has 0 bridgehead atoms. The van der Waals surface area contributed by atoms with Gasteiger partial charge in [0.25, 0.3) is 0 Å². The minimum atomic E-state index is -0.978. The summed E-state index contributed by atoms with van der Waals surface area (Å²) in [6.45, 7) is 3.98. The van der Waals surface area contributed by atoms with E-state index in [2.05, 4.69) is 17.1 Å². The van der Waals surface area contributed by atoms with Gasteiger partial charge < -0.3 is 20.3 Å². The number of carbonyl (C=O) groups excluding carboxylic acids is 2. The van der Waals surface area contributed by atoms with E-state index >= 15 is 0 Å². The molecular weight excluding hydrogens is 484 g/mol. The zero-order valence-corrected chi connectivity index (χ0v) is 21.6. The monoisotopic (exact) mass is 518 g/mol. The number of aromatic hydroxyl groups is 1. The first-order chi connectivity index (χ1) is 18.3. The van der Waals surface area contributed by atoms with Gasteiger partial charge in [0.15, 0.2) is 23.4 Å². The number of rotatable bonds is 9. The summed E-state index contributed by atoms with van der Waals surface area (Å²) in [5.74, 6) is -0.279. The molecule has 0 aromatic heterocycles. The maximum absolute atomic E-state index is 13.6. The Labute approximate surface area is 222 Å². The minimum Gasteiger partial charge on any atom is -0.504 e. The van der Waals surface area contributed by atoms with Crippen molar-refractivity contribution in [3.8, 4) is 11.5 Å². The highest BCUT2D eigenvalue weighted by atomic mass is 16.5. The zero-order valence-electron chi connectivity index (χ0n) is 21.6. The van der Waals surface area contributed by atoms with E-state index in [1.54, 1.807) is 30.3 Å². The van der Waals surface area contributed by atoms with Gasteiger partial charge >= 0.3 is 5.97 Å². The van der Waals surface area contributed by atoms with Crippen molar-refractivity contribution >= 4 is 17.7 Å². The molecule has 2 saturated carbocycles. The molecule has 1 heterocycles. The number of aryl methyl sites for hydroxylation is 1. The molecule has 38 heavy (non-hydrogen) atoms. The van der Waals surface area contributed by atoms with Crippen LogP contribution in [0.3, 0.4) is 0 Å². The molecule has 1 unspecified atom stereocenters. The minimum absolute atomic E-state index is 0.0130. The van der Waals surface area contributed by atoms with Gasteiger partial charge in [0.1, 0.15) is 0 Å². The van der Waals surface area contributed by atoms with Gasteiger partial charge in [-0.25, -0.2) is 4.79 Å². The molecule has 200 valence electrons. The highest BCUT2D eigenvalue weighted by molar-refractivity contribution is 5.89. The Morgan fingerprint density at radius 3 is 2.61 bits per heavy atom. The topological polar surface area (TPSA) is 116 Å².